The minimum Gasteiger partial charge on any atom is -0.489 e. The molecule has 0 aliphatic carbocycles. The number of ether oxygens (including phenoxy) is 2. The normalized spacial score (nSPS) is 15.5. The van der Waals surface area contributed by atoms with Crippen molar-refractivity contribution in [2.45, 2.75) is 26.1 Å². The molecule has 0 spiro atoms. The molecule has 1 unspecified atom stereocenters. The number of hydrogen-bond acceptors (Lipinski definition) is 2. The van der Waals surface area contributed by atoms with Gasteiger partial charge in [0.2, 0.25) is 0 Å². The van der Waals surface area contributed by atoms with Crippen molar-refractivity contribution in [3.63, 3.8) is 0 Å². The van der Waals surface area contributed by atoms with Gasteiger partial charge in [0, 0.05) is 16.7 Å². The van der Waals surface area contributed by atoms with Gasteiger partial charge in [-0.2, -0.15) is 0 Å². The van der Waals surface area contributed by atoms with Crippen LogP contribution in [0.2, 0.25) is 0 Å². The van der Waals surface area contributed by atoms with Gasteiger partial charge in [0.1, 0.15) is 24.3 Å². The molecule has 5 heteroatoms. The van der Waals surface area contributed by atoms with Gasteiger partial charge in [-0.3, -0.25) is 0 Å². The van der Waals surface area contributed by atoms with Crippen LogP contribution in [0.25, 0.3) is 11.1 Å². The topological polar surface area (TPSA) is 21.8 Å². The minimum absolute atomic E-state index is 0.0915. The number of aryl methyl sites for hydroxylation is 1. The van der Waals surface area contributed by atoms with Gasteiger partial charge in [-0.25, -0.2) is 13.2 Å². The molecule has 0 radical (unpaired) electrons. The molecule has 1 aliphatic rings. The van der Waals surface area contributed by atoms with Crippen LogP contribution in [-0.2, 0) is 17.8 Å². The molecule has 3 aromatic rings. The van der Waals surface area contributed by atoms with Crippen LogP contribution in [0.15, 0.2) is 54.6 Å². The Morgan fingerprint density at radius 2 is 1.71 bits per heavy atom. The third-order valence-corrected chi connectivity index (χ3v) is 4.88. The fraction of sp³-hybridized carbons (Fsp3) is 0.217. The van der Waals surface area contributed by atoms with E-state index < -0.39 is 11.6 Å². The maximum Gasteiger partial charge on any atom is 0.167 e. The molecule has 0 aromatic heterocycles. The van der Waals surface area contributed by atoms with Gasteiger partial charge in [0.05, 0.1) is 6.61 Å². The second-order valence-corrected chi connectivity index (χ2v) is 6.74. The van der Waals surface area contributed by atoms with Gasteiger partial charge in [-0.15, -0.1) is 0 Å². The van der Waals surface area contributed by atoms with E-state index in [1.54, 1.807) is 42.5 Å². The summed E-state index contributed by atoms with van der Waals surface area (Å²) in [6, 6.07) is 14.8. The van der Waals surface area contributed by atoms with E-state index in [4.69, 9.17) is 9.47 Å². The van der Waals surface area contributed by atoms with Crippen molar-refractivity contribution in [2.24, 2.45) is 0 Å². The van der Waals surface area contributed by atoms with Gasteiger partial charge in [0.25, 0.3) is 0 Å². The largest absolute Gasteiger partial charge is 0.489 e. The third-order valence-electron chi connectivity index (χ3n) is 4.88. The van der Waals surface area contributed by atoms with Crippen LogP contribution in [0.4, 0.5) is 13.2 Å². The Morgan fingerprint density at radius 1 is 0.964 bits per heavy atom. The molecule has 0 amide bonds. The molecule has 1 saturated heterocycles. The first kappa shape index (κ1) is 18.6. The smallest absolute Gasteiger partial charge is 0.167 e. The van der Waals surface area contributed by atoms with Gasteiger partial charge in [-0.05, 0) is 35.7 Å². The Hall–Kier alpha value is -2.79. The molecular weight excluding hydrogens is 365 g/mol. The molecule has 0 saturated carbocycles. The van der Waals surface area contributed by atoms with Gasteiger partial charge < -0.3 is 9.47 Å². The molecule has 1 atom stereocenters. The van der Waals surface area contributed by atoms with E-state index in [1.165, 1.54) is 6.07 Å². The van der Waals surface area contributed by atoms with Crippen molar-refractivity contribution in [3.8, 4) is 16.9 Å². The van der Waals surface area contributed by atoms with Crippen LogP contribution in [0.1, 0.15) is 29.7 Å². The van der Waals surface area contributed by atoms with Crippen molar-refractivity contribution in [1.29, 1.82) is 0 Å². The lowest BCUT2D eigenvalue weighted by atomic mass is 10.0. The molecule has 0 bridgehead atoms. The van der Waals surface area contributed by atoms with Crippen molar-refractivity contribution in [2.75, 3.05) is 6.61 Å². The number of rotatable bonds is 6. The van der Waals surface area contributed by atoms with Gasteiger partial charge in [-0.1, -0.05) is 43.3 Å². The highest BCUT2D eigenvalue weighted by molar-refractivity contribution is 5.65. The molecule has 1 aliphatic heterocycles. The first-order valence-corrected chi connectivity index (χ1v) is 9.17. The van der Waals surface area contributed by atoms with Crippen molar-refractivity contribution >= 4 is 0 Å². The summed E-state index contributed by atoms with van der Waals surface area (Å²) in [6.45, 7) is 2.48. The first-order chi connectivity index (χ1) is 13.6. The summed E-state index contributed by atoms with van der Waals surface area (Å²) in [5, 5.41) is 0. The minimum atomic E-state index is -0.889. The number of epoxide rings is 1. The van der Waals surface area contributed by atoms with Crippen LogP contribution < -0.4 is 4.74 Å². The summed E-state index contributed by atoms with van der Waals surface area (Å²) < 4.78 is 53.3. The van der Waals surface area contributed by atoms with E-state index in [0.29, 0.717) is 23.5 Å². The number of benzene rings is 3. The zero-order chi connectivity index (χ0) is 19.7. The SMILES string of the molecule is CCc1ccc(COc2ccc(-c3ccc(C4CO4)c(F)c3F)cc2)c(F)c1. The predicted molar refractivity (Wildman–Crippen MR) is 101 cm³/mol. The molecule has 2 nitrogen and oxygen atoms in total. The monoisotopic (exact) mass is 384 g/mol. The Kier molecular flexibility index (Phi) is 5.09. The van der Waals surface area contributed by atoms with Crippen LogP contribution in [-0.4, -0.2) is 6.61 Å². The highest BCUT2D eigenvalue weighted by atomic mass is 19.2. The summed E-state index contributed by atoms with van der Waals surface area (Å²) >= 11 is 0. The number of hydrogen-bond donors (Lipinski definition) is 0. The molecule has 4 rings (SSSR count). The van der Waals surface area contributed by atoms with Crippen LogP contribution in [0.5, 0.6) is 5.75 Å². The molecule has 28 heavy (non-hydrogen) atoms. The summed E-state index contributed by atoms with van der Waals surface area (Å²) in [6.07, 6.45) is 0.428. The lowest BCUT2D eigenvalue weighted by molar-refractivity contribution is 0.300. The maximum atomic E-state index is 14.4. The molecule has 1 fully saturated rings. The van der Waals surface area contributed by atoms with E-state index in [1.807, 2.05) is 13.0 Å². The summed E-state index contributed by atoms with van der Waals surface area (Å²) in [7, 11) is 0. The Labute approximate surface area is 161 Å². The van der Waals surface area contributed by atoms with Gasteiger partial charge in [0.15, 0.2) is 11.6 Å². The number of halogens is 3. The van der Waals surface area contributed by atoms with Crippen LogP contribution in [0.3, 0.4) is 0 Å². The summed E-state index contributed by atoms with van der Waals surface area (Å²) in [4.78, 5) is 0. The first-order valence-electron chi connectivity index (χ1n) is 9.17. The van der Waals surface area contributed by atoms with E-state index in [9.17, 15) is 13.2 Å². The van der Waals surface area contributed by atoms with E-state index in [0.717, 1.165) is 12.0 Å². The van der Waals surface area contributed by atoms with E-state index in [2.05, 4.69) is 0 Å². The average molecular weight is 384 g/mol. The van der Waals surface area contributed by atoms with Crippen molar-refractivity contribution in [1.82, 2.24) is 0 Å². The zero-order valence-electron chi connectivity index (χ0n) is 15.3. The summed E-state index contributed by atoms with van der Waals surface area (Å²) in [5.41, 5.74) is 2.35. The lowest BCUT2D eigenvalue weighted by Gasteiger charge is -2.10. The fourth-order valence-corrected chi connectivity index (χ4v) is 3.08. The Balaban J connectivity index is 1.48. The Bertz CT molecular complexity index is 995. The third kappa shape index (κ3) is 3.76. The fourth-order valence-electron chi connectivity index (χ4n) is 3.08. The quantitative estimate of drug-likeness (QED) is 0.488. The van der Waals surface area contributed by atoms with E-state index in [-0.39, 0.29) is 29.7 Å². The van der Waals surface area contributed by atoms with Crippen molar-refractivity contribution in [3.05, 3.63) is 88.7 Å². The van der Waals surface area contributed by atoms with Gasteiger partial charge >= 0.3 is 0 Å². The highest BCUT2D eigenvalue weighted by Crippen LogP contribution is 2.36. The maximum absolute atomic E-state index is 14.4. The second kappa shape index (κ2) is 7.68. The van der Waals surface area contributed by atoms with Crippen LogP contribution >= 0.6 is 0 Å². The standard InChI is InChI=1S/C23H19F3O2/c1-2-14-3-4-16(20(24)11-14)12-27-17-7-5-15(6-8-17)18-9-10-19(21-13-28-21)23(26)22(18)25/h3-11,21H,2,12-13H2,1H3. The zero-order valence-corrected chi connectivity index (χ0v) is 15.3. The Morgan fingerprint density at radius 3 is 2.36 bits per heavy atom. The molecule has 144 valence electrons. The molecular formula is C23H19F3O2. The predicted octanol–water partition coefficient (Wildman–Crippen LogP) is 5.98. The average Bonchev–Trinajstić information content (AvgIpc) is 3.55. The highest BCUT2D eigenvalue weighted by Gasteiger charge is 2.30. The molecule has 1 heterocycles. The molecule has 3 aromatic carbocycles. The van der Waals surface area contributed by atoms with Crippen LogP contribution in [0, 0.1) is 17.5 Å². The van der Waals surface area contributed by atoms with E-state index >= 15 is 0 Å². The van der Waals surface area contributed by atoms with Crippen molar-refractivity contribution < 1.29 is 22.6 Å². The lowest BCUT2D eigenvalue weighted by Crippen LogP contribution is -1.99. The molecule has 0 N–H and O–H groups in total. The second-order valence-electron chi connectivity index (χ2n) is 6.74. The summed E-state index contributed by atoms with van der Waals surface area (Å²) in [5.74, 6) is -1.54.